The van der Waals surface area contributed by atoms with Gasteiger partial charge in [0.15, 0.2) is 0 Å². The molecule has 1 aromatic carbocycles. The molecule has 0 amide bonds. The predicted octanol–water partition coefficient (Wildman–Crippen LogP) is 5.23. The maximum atomic E-state index is 5.91. The number of hydrogen-bond acceptors (Lipinski definition) is 3. The topological polar surface area (TPSA) is 38.9 Å². The standard InChI is InChI=1S/C21H18N2O/c1-13-6-8-17-18-12-15(7-9-19(18)24-21(17)23-13)20-16-5-3-2-4-14(16)10-11-22-20/h6-12H,2-5H2,1H3. The number of hydrogen-bond donors (Lipinski definition) is 0. The number of benzene rings is 1. The van der Waals surface area contributed by atoms with Crippen LogP contribution in [0.2, 0.25) is 0 Å². The maximum Gasteiger partial charge on any atom is 0.227 e. The van der Waals surface area contributed by atoms with Crippen LogP contribution < -0.4 is 0 Å². The molecule has 1 aliphatic carbocycles. The number of fused-ring (bicyclic) bond motifs is 4. The lowest BCUT2D eigenvalue weighted by Gasteiger charge is -2.18. The van der Waals surface area contributed by atoms with Gasteiger partial charge in [-0.05, 0) is 80.1 Å². The average molecular weight is 314 g/mol. The van der Waals surface area contributed by atoms with Crippen molar-refractivity contribution in [2.75, 3.05) is 0 Å². The second-order valence-corrected chi connectivity index (χ2v) is 6.62. The first-order valence-electron chi connectivity index (χ1n) is 8.57. The Morgan fingerprint density at radius 1 is 0.958 bits per heavy atom. The van der Waals surface area contributed by atoms with E-state index in [4.69, 9.17) is 9.40 Å². The SMILES string of the molecule is Cc1ccc2c(n1)oc1ccc(-c3nccc4c3CCCC4)cc12. The molecule has 5 rings (SSSR count). The highest BCUT2D eigenvalue weighted by molar-refractivity contribution is 6.05. The average Bonchev–Trinajstić information content (AvgIpc) is 2.97. The summed E-state index contributed by atoms with van der Waals surface area (Å²) >= 11 is 0. The lowest BCUT2D eigenvalue weighted by atomic mass is 9.89. The van der Waals surface area contributed by atoms with Crippen LogP contribution in [0.25, 0.3) is 33.3 Å². The van der Waals surface area contributed by atoms with Gasteiger partial charge in [-0.2, -0.15) is 0 Å². The fourth-order valence-corrected chi connectivity index (χ4v) is 3.81. The molecule has 0 atom stereocenters. The van der Waals surface area contributed by atoms with Gasteiger partial charge in [-0.1, -0.05) is 0 Å². The van der Waals surface area contributed by atoms with Crippen LogP contribution in [0, 0.1) is 6.92 Å². The van der Waals surface area contributed by atoms with Gasteiger partial charge >= 0.3 is 0 Å². The highest BCUT2D eigenvalue weighted by Crippen LogP contribution is 2.34. The van der Waals surface area contributed by atoms with Gasteiger partial charge in [-0.25, -0.2) is 4.98 Å². The molecule has 118 valence electrons. The molecule has 4 aromatic rings. The third-order valence-corrected chi connectivity index (χ3v) is 5.03. The van der Waals surface area contributed by atoms with E-state index in [0.717, 1.165) is 34.2 Å². The summed E-state index contributed by atoms with van der Waals surface area (Å²) in [6.07, 6.45) is 6.79. The van der Waals surface area contributed by atoms with Crippen LogP contribution in [0.5, 0.6) is 0 Å². The third kappa shape index (κ3) is 2.04. The van der Waals surface area contributed by atoms with Gasteiger partial charge in [0, 0.05) is 28.2 Å². The van der Waals surface area contributed by atoms with Crippen LogP contribution in [0.3, 0.4) is 0 Å². The van der Waals surface area contributed by atoms with Crippen LogP contribution >= 0.6 is 0 Å². The smallest absolute Gasteiger partial charge is 0.227 e. The van der Waals surface area contributed by atoms with Gasteiger partial charge in [0.2, 0.25) is 5.71 Å². The molecule has 0 spiro atoms. The van der Waals surface area contributed by atoms with E-state index in [1.807, 2.05) is 25.3 Å². The monoisotopic (exact) mass is 314 g/mol. The Morgan fingerprint density at radius 2 is 1.88 bits per heavy atom. The third-order valence-electron chi connectivity index (χ3n) is 5.03. The Kier molecular flexibility index (Phi) is 2.96. The fraction of sp³-hybridized carbons (Fsp3) is 0.238. The van der Waals surface area contributed by atoms with Gasteiger partial charge in [0.05, 0.1) is 5.69 Å². The van der Waals surface area contributed by atoms with Crippen LogP contribution in [-0.2, 0) is 12.8 Å². The van der Waals surface area contributed by atoms with Gasteiger partial charge in [-0.3, -0.25) is 4.98 Å². The summed E-state index contributed by atoms with van der Waals surface area (Å²) in [6.45, 7) is 1.98. The van der Waals surface area contributed by atoms with Gasteiger partial charge < -0.3 is 4.42 Å². The zero-order valence-electron chi connectivity index (χ0n) is 13.7. The van der Waals surface area contributed by atoms with Crippen molar-refractivity contribution in [2.24, 2.45) is 0 Å². The van der Waals surface area contributed by atoms with E-state index in [0.29, 0.717) is 5.71 Å². The Morgan fingerprint density at radius 3 is 2.83 bits per heavy atom. The van der Waals surface area contributed by atoms with Crippen LogP contribution in [0.4, 0.5) is 0 Å². The van der Waals surface area contributed by atoms with Crippen molar-refractivity contribution in [3.8, 4) is 11.3 Å². The predicted molar refractivity (Wildman–Crippen MR) is 96.1 cm³/mol. The number of pyridine rings is 2. The molecule has 24 heavy (non-hydrogen) atoms. The number of aryl methyl sites for hydroxylation is 2. The first-order chi connectivity index (χ1) is 11.8. The summed E-state index contributed by atoms with van der Waals surface area (Å²) in [4.78, 5) is 9.20. The van der Waals surface area contributed by atoms with E-state index < -0.39 is 0 Å². The first-order valence-corrected chi connectivity index (χ1v) is 8.57. The fourth-order valence-electron chi connectivity index (χ4n) is 3.81. The second kappa shape index (κ2) is 5.17. The molecule has 0 bridgehead atoms. The molecular formula is C21H18N2O. The molecule has 0 saturated heterocycles. The lowest BCUT2D eigenvalue weighted by molar-refractivity contribution is 0.652. The Labute approximate surface area is 140 Å². The van der Waals surface area contributed by atoms with E-state index in [-0.39, 0.29) is 0 Å². The van der Waals surface area contributed by atoms with Crippen LogP contribution in [0.1, 0.15) is 29.7 Å². The van der Waals surface area contributed by atoms with E-state index >= 15 is 0 Å². The van der Waals surface area contributed by atoms with Crippen molar-refractivity contribution >= 4 is 22.1 Å². The summed E-state index contributed by atoms with van der Waals surface area (Å²) in [6, 6.07) is 12.7. The molecule has 0 unspecified atom stereocenters. The number of nitrogens with zero attached hydrogens (tertiary/aromatic N) is 2. The number of aromatic nitrogens is 2. The molecule has 3 heteroatoms. The van der Waals surface area contributed by atoms with E-state index in [9.17, 15) is 0 Å². The molecular weight excluding hydrogens is 296 g/mol. The zero-order valence-corrected chi connectivity index (χ0v) is 13.7. The minimum Gasteiger partial charge on any atom is -0.438 e. The summed E-state index contributed by atoms with van der Waals surface area (Å²) < 4.78 is 5.91. The molecule has 0 N–H and O–H groups in total. The minimum absolute atomic E-state index is 0.713. The minimum atomic E-state index is 0.713. The molecule has 0 fully saturated rings. The second-order valence-electron chi connectivity index (χ2n) is 6.62. The molecule has 0 saturated carbocycles. The maximum absolute atomic E-state index is 5.91. The molecule has 0 aliphatic heterocycles. The lowest BCUT2D eigenvalue weighted by Crippen LogP contribution is -2.05. The summed E-state index contributed by atoms with van der Waals surface area (Å²) in [5.74, 6) is 0. The number of rotatable bonds is 1. The molecule has 0 radical (unpaired) electrons. The van der Waals surface area contributed by atoms with Crippen molar-refractivity contribution < 1.29 is 4.42 Å². The van der Waals surface area contributed by atoms with Crippen molar-refractivity contribution in [3.05, 3.63) is 59.4 Å². The highest BCUT2D eigenvalue weighted by Gasteiger charge is 2.16. The van der Waals surface area contributed by atoms with Crippen molar-refractivity contribution in [1.29, 1.82) is 0 Å². The molecule has 1 aliphatic rings. The van der Waals surface area contributed by atoms with Gasteiger partial charge in [0.1, 0.15) is 5.58 Å². The summed E-state index contributed by atoms with van der Waals surface area (Å²) in [5.41, 5.74) is 7.75. The highest BCUT2D eigenvalue weighted by atomic mass is 16.3. The first kappa shape index (κ1) is 13.7. The van der Waals surface area contributed by atoms with Crippen molar-refractivity contribution in [3.63, 3.8) is 0 Å². The van der Waals surface area contributed by atoms with Crippen LogP contribution in [-0.4, -0.2) is 9.97 Å². The van der Waals surface area contributed by atoms with E-state index in [1.165, 1.54) is 36.0 Å². The Bertz CT molecular complexity index is 1080. The number of furan rings is 1. The normalized spacial score (nSPS) is 14.2. The van der Waals surface area contributed by atoms with Gasteiger partial charge in [-0.15, -0.1) is 0 Å². The van der Waals surface area contributed by atoms with E-state index in [2.05, 4.69) is 29.2 Å². The van der Waals surface area contributed by atoms with Crippen molar-refractivity contribution in [1.82, 2.24) is 9.97 Å². The van der Waals surface area contributed by atoms with E-state index in [1.54, 1.807) is 0 Å². The molecule has 3 nitrogen and oxygen atoms in total. The van der Waals surface area contributed by atoms with Crippen molar-refractivity contribution in [2.45, 2.75) is 32.6 Å². The van der Waals surface area contributed by atoms with Crippen LogP contribution in [0.15, 0.2) is 47.0 Å². The molecule has 3 aromatic heterocycles. The Balaban J connectivity index is 1.75. The molecule has 3 heterocycles. The summed E-state index contributed by atoms with van der Waals surface area (Å²) in [5, 5.41) is 2.19. The van der Waals surface area contributed by atoms with Gasteiger partial charge in [0.25, 0.3) is 0 Å². The summed E-state index contributed by atoms with van der Waals surface area (Å²) in [7, 11) is 0. The zero-order chi connectivity index (χ0) is 16.1. The quantitative estimate of drug-likeness (QED) is 0.483. The Hall–Kier alpha value is -2.68. The largest absolute Gasteiger partial charge is 0.438 e.